The predicted molar refractivity (Wildman–Crippen MR) is 137 cm³/mol. The molecule has 30 heavy (non-hydrogen) atoms. The molecule has 0 heterocycles. The van der Waals surface area contributed by atoms with E-state index in [2.05, 4.69) is 15.6 Å². The van der Waals surface area contributed by atoms with Gasteiger partial charge in [-0.25, -0.2) is 0 Å². The quantitative estimate of drug-likeness (QED) is 0.121. The monoisotopic (exact) mass is 507 g/mol. The minimum Gasteiger partial charge on any atom is -0.494 e. The molecule has 178 valence electrons. The van der Waals surface area contributed by atoms with Crippen molar-refractivity contribution in [3.8, 4) is 5.75 Å². The van der Waals surface area contributed by atoms with Crippen LogP contribution in [-0.2, 0) is 0 Å². The summed E-state index contributed by atoms with van der Waals surface area (Å²) in [4.78, 5) is 3.96. The summed E-state index contributed by atoms with van der Waals surface area (Å²) in [5.74, 6) is 1.04. The Balaban J connectivity index is -0.000000845. The first-order valence-corrected chi connectivity index (χ1v) is 9.13. The first-order valence-electron chi connectivity index (χ1n) is 9.13. The molecule has 0 aliphatic carbocycles. The molecule has 0 spiro atoms. The molecule has 0 saturated carbocycles. The van der Waals surface area contributed by atoms with Crippen LogP contribution in [-0.4, -0.2) is 51.1 Å². The summed E-state index contributed by atoms with van der Waals surface area (Å²) in [6.07, 6.45) is 4.23. The van der Waals surface area contributed by atoms with Crippen molar-refractivity contribution in [2.75, 3.05) is 39.3 Å². The molecule has 0 aliphatic heterocycles. The molecular formula is C18H37Cl4N7O. The molecule has 0 fully saturated rings. The summed E-state index contributed by atoms with van der Waals surface area (Å²) in [6, 6.07) is 7.27. The van der Waals surface area contributed by atoms with Crippen molar-refractivity contribution in [2.24, 2.45) is 22.2 Å². The van der Waals surface area contributed by atoms with Crippen molar-refractivity contribution in [3.63, 3.8) is 0 Å². The van der Waals surface area contributed by atoms with Crippen molar-refractivity contribution >= 4 is 61.4 Å². The Morgan fingerprint density at radius 1 is 0.800 bits per heavy atom. The largest absolute Gasteiger partial charge is 0.494 e. The summed E-state index contributed by atoms with van der Waals surface area (Å²) >= 11 is 0. The van der Waals surface area contributed by atoms with Gasteiger partial charge in [-0.1, -0.05) is 6.42 Å². The highest BCUT2D eigenvalue weighted by Gasteiger charge is 1.98. The summed E-state index contributed by atoms with van der Waals surface area (Å²) in [5, 5.41) is 14.1. The van der Waals surface area contributed by atoms with Crippen LogP contribution in [0.4, 0.5) is 0 Å². The molecular weight excluding hydrogens is 472 g/mol. The third-order valence-corrected chi connectivity index (χ3v) is 3.72. The zero-order valence-electron chi connectivity index (χ0n) is 17.1. The number of ether oxygens (including phenoxy) is 1. The number of hydrogen-bond donors (Lipinski definition) is 6. The van der Waals surface area contributed by atoms with Crippen LogP contribution in [0.3, 0.4) is 0 Å². The van der Waals surface area contributed by atoms with Gasteiger partial charge in [0.05, 0.1) is 6.61 Å². The zero-order valence-corrected chi connectivity index (χ0v) is 20.4. The number of guanidine groups is 1. The average molecular weight is 509 g/mol. The van der Waals surface area contributed by atoms with E-state index in [9.17, 15) is 0 Å². The Morgan fingerprint density at radius 2 is 1.37 bits per heavy atom. The molecule has 1 aromatic rings. The maximum atomic E-state index is 7.34. The van der Waals surface area contributed by atoms with Crippen molar-refractivity contribution in [2.45, 2.75) is 25.7 Å². The fraction of sp³-hybridized carbons (Fsp3) is 0.556. The lowest BCUT2D eigenvalue weighted by Gasteiger charge is -2.08. The minimum absolute atomic E-state index is 0. The van der Waals surface area contributed by atoms with Crippen LogP contribution in [0.15, 0.2) is 29.3 Å². The highest BCUT2D eigenvalue weighted by Crippen LogP contribution is 2.11. The molecule has 9 N–H and O–H groups in total. The number of amidine groups is 1. The summed E-state index contributed by atoms with van der Waals surface area (Å²) < 4.78 is 5.66. The van der Waals surface area contributed by atoms with Gasteiger partial charge in [0.1, 0.15) is 11.6 Å². The van der Waals surface area contributed by atoms with E-state index >= 15 is 0 Å². The van der Waals surface area contributed by atoms with Crippen LogP contribution in [0.5, 0.6) is 5.75 Å². The molecule has 1 rings (SSSR count). The molecule has 8 nitrogen and oxygen atoms in total. The molecule has 0 aliphatic rings. The minimum atomic E-state index is 0. The number of nitrogens with one attached hydrogen (secondary N) is 3. The summed E-state index contributed by atoms with van der Waals surface area (Å²) in [7, 11) is 0. The Morgan fingerprint density at radius 3 is 1.90 bits per heavy atom. The maximum absolute atomic E-state index is 7.34. The summed E-state index contributed by atoms with van der Waals surface area (Å²) in [6.45, 7) is 5.22. The molecule has 0 saturated heterocycles. The maximum Gasteiger partial charge on any atom is 0.185 e. The topological polar surface area (TPSA) is 148 Å². The molecule has 0 amide bonds. The lowest BCUT2D eigenvalue weighted by atomic mass is 10.2. The van der Waals surface area contributed by atoms with E-state index in [0.717, 1.165) is 57.6 Å². The highest BCUT2D eigenvalue weighted by molar-refractivity contribution is 5.94. The van der Waals surface area contributed by atoms with Crippen LogP contribution in [0.25, 0.3) is 0 Å². The second kappa shape index (κ2) is 24.1. The number of unbranched alkanes of at least 4 members (excludes halogenated alkanes) is 2. The molecule has 0 bridgehead atoms. The van der Waals surface area contributed by atoms with Crippen LogP contribution in [0, 0.1) is 5.41 Å². The lowest BCUT2D eigenvalue weighted by Crippen LogP contribution is -2.29. The number of nitrogens with two attached hydrogens (primary N) is 3. The third-order valence-electron chi connectivity index (χ3n) is 3.72. The Bertz CT molecular complexity index is 544. The Labute approximate surface area is 204 Å². The Kier molecular flexibility index (Phi) is 29.1. The van der Waals surface area contributed by atoms with E-state index in [1.807, 2.05) is 12.1 Å². The van der Waals surface area contributed by atoms with Gasteiger partial charge in [-0.15, -0.1) is 49.6 Å². The van der Waals surface area contributed by atoms with Crippen LogP contribution in [0.2, 0.25) is 0 Å². The van der Waals surface area contributed by atoms with Crippen molar-refractivity contribution in [1.82, 2.24) is 10.6 Å². The average Bonchev–Trinajstić information content (AvgIpc) is 2.62. The van der Waals surface area contributed by atoms with Gasteiger partial charge in [0.15, 0.2) is 5.96 Å². The van der Waals surface area contributed by atoms with Gasteiger partial charge in [0.2, 0.25) is 0 Å². The van der Waals surface area contributed by atoms with Gasteiger partial charge in [-0.3, -0.25) is 10.4 Å². The molecule has 12 heteroatoms. The number of hydrogen-bond acceptors (Lipinski definition) is 5. The molecule has 0 radical (unpaired) electrons. The standard InChI is InChI=1S/C18H33N7O.4ClH/c19-17(20)15-5-7-16(8-6-15)26-14-4-10-24-13-12-23-9-2-1-3-11-25-18(21)22;;;;/h5-8,23-24H,1-4,9-14H2,(H3,19,20)(H4,21,22,25);4*1H. The fourth-order valence-corrected chi connectivity index (χ4v) is 2.29. The van der Waals surface area contributed by atoms with Crippen molar-refractivity contribution in [1.29, 1.82) is 5.41 Å². The van der Waals surface area contributed by atoms with Crippen LogP contribution in [0.1, 0.15) is 31.2 Å². The molecule has 0 aromatic heterocycles. The first kappa shape index (κ1) is 36.2. The second-order valence-electron chi connectivity index (χ2n) is 6.01. The number of rotatable bonds is 15. The van der Waals surface area contributed by atoms with Gasteiger partial charge in [-0.2, -0.15) is 0 Å². The number of benzene rings is 1. The van der Waals surface area contributed by atoms with Gasteiger partial charge in [0, 0.05) is 25.2 Å². The molecule has 0 atom stereocenters. The first-order chi connectivity index (χ1) is 12.6. The summed E-state index contributed by atoms with van der Waals surface area (Å²) in [5.41, 5.74) is 16.7. The Hall–Kier alpha value is -1.16. The zero-order chi connectivity index (χ0) is 19.0. The van der Waals surface area contributed by atoms with E-state index in [-0.39, 0.29) is 61.4 Å². The molecule has 0 unspecified atom stereocenters. The number of nitrogens with zero attached hydrogens (tertiary/aromatic N) is 1. The van der Waals surface area contributed by atoms with E-state index in [0.29, 0.717) is 18.7 Å². The van der Waals surface area contributed by atoms with Crippen molar-refractivity contribution < 1.29 is 4.74 Å². The van der Waals surface area contributed by atoms with E-state index in [1.165, 1.54) is 0 Å². The van der Waals surface area contributed by atoms with E-state index < -0.39 is 0 Å². The van der Waals surface area contributed by atoms with E-state index in [1.54, 1.807) is 12.1 Å². The van der Waals surface area contributed by atoms with Gasteiger partial charge >= 0.3 is 0 Å². The predicted octanol–water partition coefficient (Wildman–Crippen LogP) is 2.05. The third kappa shape index (κ3) is 20.1. The number of aliphatic imine (C=N–C) groups is 1. The van der Waals surface area contributed by atoms with Crippen LogP contribution >= 0.6 is 49.6 Å². The van der Waals surface area contributed by atoms with Crippen molar-refractivity contribution in [3.05, 3.63) is 29.8 Å². The smallest absolute Gasteiger partial charge is 0.185 e. The lowest BCUT2D eigenvalue weighted by molar-refractivity contribution is 0.308. The number of halogens is 4. The highest BCUT2D eigenvalue weighted by atomic mass is 35.5. The SMILES string of the molecule is Cl.Cl.Cl.Cl.N=C(N)c1ccc(OCCCNCCNCCCCCN=C(N)N)cc1. The van der Waals surface area contributed by atoms with E-state index in [4.69, 9.17) is 27.3 Å². The normalized spacial score (nSPS) is 9.07. The fourth-order valence-electron chi connectivity index (χ4n) is 2.29. The van der Waals surface area contributed by atoms with Gasteiger partial charge < -0.3 is 32.6 Å². The van der Waals surface area contributed by atoms with Gasteiger partial charge in [0.25, 0.3) is 0 Å². The second-order valence-corrected chi connectivity index (χ2v) is 6.01. The number of nitrogen functional groups attached to an aromatic ring is 1. The van der Waals surface area contributed by atoms with Gasteiger partial charge in [-0.05, 0) is 56.6 Å². The molecule has 1 aromatic carbocycles. The van der Waals surface area contributed by atoms with Crippen LogP contribution < -0.4 is 32.6 Å².